The van der Waals surface area contributed by atoms with Crippen LogP contribution in [0.3, 0.4) is 0 Å². The molecule has 0 spiro atoms. The Morgan fingerprint density at radius 2 is 2.10 bits per heavy atom. The number of sulfonamides is 1. The third-order valence-corrected chi connectivity index (χ3v) is 5.58. The highest BCUT2D eigenvalue weighted by Crippen LogP contribution is 2.21. The van der Waals surface area contributed by atoms with Crippen molar-refractivity contribution < 1.29 is 8.42 Å². The maximum Gasteiger partial charge on any atom is 0.240 e. The first-order valence-electron chi connectivity index (χ1n) is 6.61. The summed E-state index contributed by atoms with van der Waals surface area (Å²) in [6.45, 7) is 4.35. The van der Waals surface area contributed by atoms with E-state index < -0.39 is 10.0 Å². The Hall–Kier alpha value is -1.28. The van der Waals surface area contributed by atoms with Crippen LogP contribution in [0.25, 0.3) is 0 Å². The number of nitrogens with one attached hydrogen (secondary N) is 1. The Labute approximate surface area is 129 Å². The maximum atomic E-state index is 12.4. The summed E-state index contributed by atoms with van der Waals surface area (Å²) in [6, 6.07) is 3.57. The second-order valence-electron chi connectivity index (χ2n) is 4.87. The minimum Gasteiger partial charge on any atom is -0.326 e. The molecule has 0 atom stereocenters. The van der Waals surface area contributed by atoms with E-state index in [1.807, 2.05) is 25.3 Å². The van der Waals surface area contributed by atoms with Crippen molar-refractivity contribution in [2.24, 2.45) is 5.73 Å². The van der Waals surface area contributed by atoms with Crippen molar-refractivity contribution >= 4 is 21.4 Å². The van der Waals surface area contributed by atoms with E-state index in [1.165, 1.54) is 11.3 Å². The van der Waals surface area contributed by atoms with Crippen LogP contribution in [-0.4, -0.2) is 19.9 Å². The maximum absolute atomic E-state index is 12.4. The van der Waals surface area contributed by atoms with Crippen LogP contribution < -0.4 is 10.5 Å². The van der Waals surface area contributed by atoms with Crippen LogP contribution in [-0.2, 0) is 23.0 Å². The predicted molar refractivity (Wildman–Crippen MR) is 84.8 cm³/mol. The Morgan fingerprint density at radius 3 is 2.71 bits per heavy atom. The first-order valence-corrected chi connectivity index (χ1v) is 9.03. The monoisotopic (exact) mass is 325 g/mol. The Balaban J connectivity index is 2.17. The van der Waals surface area contributed by atoms with Crippen molar-refractivity contribution in [3.05, 3.63) is 45.4 Å². The lowest BCUT2D eigenvalue weighted by molar-refractivity contribution is 0.580. The molecule has 0 fully saturated rings. The highest BCUT2D eigenvalue weighted by molar-refractivity contribution is 7.89. The molecule has 2 aromatic rings. The second-order valence-corrected chi connectivity index (χ2v) is 7.32. The summed E-state index contributed by atoms with van der Waals surface area (Å²) >= 11 is 1.50. The van der Waals surface area contributed by atoms with E-state index in [4.69, 9.17) is 5.73 Å². The molecule has 5 nitrogen and oxygen atoms in total. The molecule has 0 amide bonds. The molecule has 1 aromatic carbocycles. The van der Waals surface area contributed by atoms with Crippen molar-refractivity contribution in [2.75, 3.05) is 6.54 Å². The van der Waals surface area contributed by atoms with Crippen molar-refractivity contribution in [1.82, 2.24) is 9.71 Å². The smallest absolute Gasteiger partial charge is 0.240 e. The number of hydrogen-bond donors (Lipinski definition) is 2. The van der Waals surface area contributed by atoms with Gasteiger partial charge in [-0.2, -0.15) is 0 Å². The zero-order valence-corrected chi connectivity index (χ0v) is 13.7. The van der Waals surface area contributed by atoms with Gasteiger partial charge >= 0.3 is 0 Å². The van der Waals surface area contributed by atoms with Crippen LogP contribution >= 0.6 is 11.3 Å². The minimum absolute atomic E-state index is 0.307. The predicted octanol–water partition coefficient (Wildman–Crippen LogP) is 1.74. The van der Waals surface area contributed by atoms with E-state index in [9.17, 15) is 8.42 Å². The molecular formula is C14H19N3O2S2. The molecule has 0 saturated heterocycles. The van der Waals surface area contributed by atoms with Gasteiger partial charge in [-0.15, -0.1) is 11.3 Å². The van der Waals surface area contributed by atoms with Gasteiger partial charge in [-0.05, 0) is 36.6 Å². The zero-order valence-electron chi connectivity index (χ0n) is 12.1. The van der Waals surface area contributed by atoms with Crippen LogP contribution in [0.1, 0.15) is 22.4 Å². The van der Waals surface area contributed by atoms with E-state index >= 15 is 0 Å². The molecule has 114 valence electrons. The molecule has 0 radical (unpaired) electrons. The fraction of sp³-hybridized carbons (Fsp3) is 0.357. The van der Waals surface area contributed by atoms with E-state index in [1.54, 1.807) is 11.6 Å². The van der Waals surface area contributed by atoms with E-state index in [-0.39, 0.29) is 0 Å². The van der Waals surface area contributed by atoms with E-state index in [2.05, 4.69) is 9.71 Å². The first-order chi connectivity index (χ1) is 9.94. The molecule has 0 saturated carbocycles. The first kappa shape index (κ1) is 16.1. The number of rotatable bonds is 6. The topological polar surface area (TPSA) is 85.1 Å². The third kappa shape index (κ3) is 3.88. The number of aromatic nitrogens is 1. The number of hydrogen-bond acceptors (Lipinski definition) is 5. The van der Waals surface area contributed by atoms with Gasteiger partial charge in [-0.25, -0.2) is 18.1 Å². The van der Waals surface area contributed by atoms with Crippen LogP contribution in [0, 0.1) is 13.8 Å². The quantitative estimate of drug-likeness (QED) is 0.847. The summed E-state index contributed by atoms with van der Waals surface area (Å²) in [7, 11) is -3.53. The van der Waals surface area contributed by atoms with Crippen LogP contribution in [0.5, 0.6) is 0 Å². The average Bonchev–Trinajstić information content (AvgIpc) is 2.94. The summed E-state index contributed by atoms with van der Waals surface area (Å²) < 4.78 is 27.5. The standard InChI is InChI=1S/C14H19N3O2S2/c1-10-5-12(7-15)6-14(11(10)2)21(18,19)17-4-3-13-8-20-9-16-13/h5-6,8-9,17H,3-4,7,15H2,1-2H3. The number of benzene rings is 1. The fourth-order valence-corrected chi connectivity index (χ4v) is 4.04. The molecule has 0 aliphatic carbocycles. The molecule has 0 unspecified atom stereocenters. The summed E-state index contributed by atoms with van der Waals surface area (Å²) in [6.07, 6.45) is 0.581. The van der Waals surface area contributed by atoms with Crippen LogP contribution in [0.15, 0.2) is 27.9 Å². The zero-order chi connectivity index (χ0) is 15.5. The van der Waals surface area contributed by atoms with Gasteiger partial charge in [0, 0.05) is 24.9 Å². The lowest BCUT2D eigenvalue weighted by atomic mass is 10.1. The highest BCUT2D eigenvalue weighted by Gasteiger charge is 2.18. The summed E-state index contributed by atoms with van der Waals surface area (Å²) in [5.74, 6) is 0. The molecule has 1 heterocycles. The third-order valence-electron chi connectivity index (χ3n) is 3.36. The molecule has 0 aliphatic rings. The van der Waals surface area contributed by atoms with Crippen LogP contribution in [0.2, 0.25) is 0 Å². The molecule has 3 N–H and O–H groups in total. The summed E-state index contributed by atoms with van der Waals surface area (Å²) in [5.41, 5.74) is 10.8. The van der Waals surface area contributed by atoms with Crippen molar-refractivity contribution in [1.29, 1.82) is 0 Å². The van der Waals surface area contributed by atoms with Crippen LogP contribution in [0.4, 0.5) is 0 Å². The molecule has 21 heavy (non-hydrogen) atoms. The lowest BCUT2D eigenvalue weighted by Crippen LogP contribution is -2.27. The van der Waals surface area contributed by atoms with Gasteiger partial charge < -0.3 is 5.73 Å². The minimum atomic E-state index is -3.53. The van der Waals surface area contributed by atoms with E-state index in [0.29, 0.717) is 24.4 Å². The molecular weight excluding hydrogens is 306 g/mol. The number of thiazole rings is 1. The Morgan fingerprint density at radius 1 is 1.33 bits per heavy atom. The second kappa shape index (κ2) is 6.65. The van der Waals surface area contributed by atoms with Crippen molar-refractivity contribution in [3.63, 3.8) is 0 Å². The van der Waals surface area contributed by atoms with Gasteiger partial charge in [0.05, 0.1) is 16.1 Å². The molecule has 0 aliphatic heterocycles. The van der Waals surface area contributed by atoms with Gasteiger partial charge in [-0.1, -0.05) is 6.07 Å². The Kier molecular flexibility index (Phi) is 5.10. The Bertz CT molecular complexity index is 710. The van der Waals surface area contributed by atoms with Gasteiger partial charge in [-0.3, -0.25) is 0 Å². The fourth-order valence-electron chi connectivity index (χ4n) is 2.05. The molecule has 7 heteroatoms. The van der Waals surface area contributed by atoms with Crippen molar-refractivity contribution in [2.45, 2.75) is 31.7 Å². The van der Waals surface area contributed by atoms with Crippen molar-refractivity contribution in [3.8, 4) is 0 Å². The number of nitrogens with two attached hydrogens (primary N) is 1. The van der Waals surface area contributed by atoms with E-state index in [0.717, 1.165) is 22.4 Å². The summed E-state index contributed by atoms with van der Waals surface area (Å²) in [4.78, 5) is 4.44. The lowest BCUT2D eigenvalue weighted by Gasteiger charge is -2.13. The molecule has 2 rings (SSSR count). The average molecular weight is 325 g/mol. The normalized spacial score (nSPS) is 11.8. The highest BCUT2D eigenvalue weighted by atomic mass is 32.2. The molecule has 0 bridgehead atoms. The van der Waals surface area contributed by atoms with Gasteiger partial charge in [0.25, 0.3) is 0 Å². The number of nitrogens with zero attached hydrogens (tertiary/aromatic N) is 1. The summed E-state index contributed by atoms with van der Waals surface area (Å²) in [5, 5.41) is 1.92. The SMILES string of the molecule is Cc1cc(CN)cc(S(=O)(=O)NCCc2cscn2)c1C. The largest absolute Gasteiger partial charge is 0.326 e. The van der Waals surface area contributed by atoms with Gasteiger partial charge in [0.2, 0.25) is 10.0 Å². The molecule has 1 aromatic heterocycles. The van der Waals surface area contributed by atoms with Gasteiger partial charge in [0.1, 0.15) is 0 Å². The number of aryl methyl sites for hydroxylation is 1. The van der Waals surface area contributed by atoms with Gasteiger partial charge in [0.15, 0.2) is 0 Å².